The molecule has 0 saturated heterocycles. The van der Waals surface area contributed by atoms with Crippen LogP contribution in [0.1, 0.15) is 70.3 Å². The summed E-state index contributed by atoms with van der Waals surface area (Å²) >= 11 is 0. The lowest BCUT2D eigenvalue weighted by Crippen LogP contribution is -2.26. The van der Waals surface area contributed by atoms with Gasteiger partial charge in [0.2, 0.25) is 0 Å². The molecule has 3 N–H and O–H groups in total. The first-order chi connectivity index (χ1) is 13.7. The zero-order valence-electron chi connectivity index (χ0n) is 15.5. The summed E-state index contributed by atoms with van der Waals surface area (Å²) in [5.41, 5.74) is 3.72. The number of halogens is 3. The lowest BCUT2D eigenvalue weighted by Gasteiger charge is -2.25. The average Bonchev–Trinajstić information content (AvgIpc) is 3.37. The average molecular weight is 407 g/mol. The zero-order valence-corrected chi connectivity index (χ0v) is 15.5. The molecule has 4 rings (SSSR count). The number of hydrogen-bond donors (Lipinski definition) is 2. The van der Waals surface area contributed by atoms with Crippen molar-refractivity contribution in [1.82, 2.24) is 14.8 Å². The number of hydrogen-bond acceptors (Lipinski definition) is 4. The van der Waals surface area contributed by atoms with Gasteiger partial charge >= 0.3 is 6.18 Å². The minimum atomic E-state index is -4.70. The van der Waals surface area contributed by atoms with Crippen LogP contribution in [-0.4, -0.2) is 26.6 Å². The smallest absolute Gasteiger partial charge is 0.364 e. The van der Waals surface area contributed by atoms with Crippen molar-refractivity contribution in [3.8, 4) is 0 Å². The van der Waals surface area contributed by atoms with Gasteiger partial charge in [-0.25, -0.2) is 0 Å². The van der Waals surface area contributed by atoms with Gasteiger partial charge in [-0.05, 0) is 43.7 Å². The third kappa shape index (κ3) is 3.96. The molecule has 2 amide bonds. The SMILES string of the molecule is NC(=O)c1cc(NC(=O)c2c(C(F)(F)F)c(C3CC3)nn2CC2CCC2)ccn1. The van der Waals surface area contributed by atoms with E-state index in [2.05, 4.69) is 15.4 Å². The van der Waals surface area contributed by atoms with E-state index in [1.807, 2.05) is 0 Å². The van der Waals surface area contributed by atoms with E-state index in [-0.39, 0.29) is 35.5 Å². The van der Waals surface area contributed by atoms with Crippen LogP contribution in [0.3, 0.4) is 0 Å². The number of aromatic nitrogens is 3. The van der Waals surface area contributed by atoms with E-state index in [1.165, 1.54) is 23.0 Å². The molecule has 29 heavy (non-hydrogen) atoms. The van der Waals surface area contributed by atoms with E-state index in [0.29, 0.717) is 12.8 Å². The van der Waals surface area contributed by atoms with Crippen LogP contribution in [0.4, 0.5) is 18.9 Å². The largest absolute Gasteiger partial charge is 0.420 e. The fourth-order valence-corrected chi connectivity index (χ4v) is 3.52. The van der Waals surface area contributed by atoms with Gasteiger partial charge < -0.3 is 11.1 Å². The van der Waals surface area contributed by atoms with Crippen molar-refractivity contribution >= 4 is 17.5 Å². The molecular formula is C19H20F3N5O2. The number of carbonyl (C=O) groups excluding carboxylic acids is 2. The Labute approximate surface area is 164 Å². The van der Waals surface area contributed by atoms with Crippen LogP contribution in [0.5, 0.6) is 0 Å². The van der Waals surface area contributed by atoms with Crippen LogP contribution >= 0.6 is 0 Å². The predicted octanol–water partition coefficient (Wildman–Crippen LogP) is 3.33. The topological polar surface area (TPSA) is 103 Å². The fourth-order valence-electron chi connectivity index (χ4n) is 3.52. The first-order valence-corrected chi connectivity index (χ1v) is 9.49. The van der Waals surface area contributed by atoms with Crippen LogP contribution in [-0.2, 0) is 12.7 Å². The Hall–Kier alpha value is -2.91. The molecule has 0 aromatic carbocycles. The van der Waals surface area contributed by atoms with E-state index in [0.717, 1.165) is 19.3 Å². The monoisotopic (exact) mass is 407 g/mol. The van der Waals surface area contributed by atoms with E-state index >= 15 is 0 Å². The lowest BCUT2D eigenvalue weighted by molar-refractivity contribution is -0.138. The van der Waals surface area contributed by atoms with Gasteiger partial charge in [0.1, 0.15) is 17.0 Å². The molecule has 2 aliphatic carbocycles. The van der Waals surface area contributed by atoms with Crippen molar-refractivity contribution in [1.29, 1.82) is 0 Å². The highest BCUT2D eigenvalue weighted by Gasteiger charge is 2.46. The van der Waals surface area contributed by atoms with Crippen LogP contribution in [0.2, 0.25) is 0 Å². The molecule has 0 radical (unpaired) electrons. The molecule has 7 nitrogen and oxygen atoms in total. The van der Waals surface area contributed by atoms with Crippen LogP contribution < -0.4 is 11.1 Å². The predicted molar refractivity (Wildman–Crippen MR) is 97.3 cm³/mol. The van der Waals surface area contributed by atoms with Gasteiger partial charge in [0.15, 0.2) is 0 Å². The van der Waals surface area contributed by atoms with Crippen molar-refractivity contribution in [3.63, 3.8) is 0 Å². The molecule has 0 spiro atoms. The van der Waals surface area contributed by atoms with Crippen molar-refractivity contribution < 1.29 is 22.8 Å². The highest BCUT2D eigenvalue weighted by atomic mass is 19.4. The third-order valence-corrected chi connectivity index (χ3v) is 5.37. The van der Waals surface area contributed by atoms with Crippen LogP contribution in [0, 0.1) is 5.92 Å². The number of nitrogens with zero attached hydrogens (tertiary/aromatic N) is 3. The van der Waals surface area contributed by atoms with Crippen molar-refractivity contribution in [2.45, 2.75) is 50.7 Å². The highest BCUT2D eigenvalue weighted by Crippen LogP contribution is 2.47. The number of nitrogens with one attached hydrogen (secondary N) is 1. The van der Waals surface area contributed by atoms with Gasteiger partial charge in [-0.3, -0.25) is 19.3 Å². The molecule has 2 heterocycles. The maximum absolute atomic E-state index is 13.9. The molecule has 0 bridgehead atoms. The number of anilines is 1. The molecule has 2 saturated carbocycles. The number of alkyl halides is 3. The molecule has 2 aliphatic rings. The summed E-state index contributed by atoms with van der Waals surface area (Å²) in [5, 5.41) is 6.66. The van der Waals surface area contributed by atoms with Gasteiger partial charge in [0, 0.05) is 24.3 Å². The molecule has 2 aromatic heterocycles. The number of carbonyl (C=O) groups is 2. The summed E-state index contributed by atoms with van der Waals surface area (Å²) in [6.07, 6.45) is 0.678. The lowest BCUT2D eigenvalue weighted by atomic mass is 9.85. The van der Waals surface area contributed by atoms with Crippen LogP contribution in [0.15, 0.2) is 18.3 Å². The van der Waals surface area contributed by atoms with E-state index in [9.17, 15) is 22.8 Å². The molecular weight excluding hydrogens is 387 g/mol. The Morgan fingerprint density at radius 2 is 1.97 bits per heavy atom. The number of pyridine rings is 1. The van der Waals surface area contributed by atoms with Gasteiger partial charge in [-0.15, -0.1) is 0 Å². The van der Waals surface area contributed by atoms with E-state index < -0.39 is 29.2 Å². The molecule has 0 unspecified atom stereocenters. The minimum Gasteiger partial charge on any atom is -0.364 e. The summed E-state index contributed by atoms with van der Waals surface area (Å²) < 4.78 is 42.9. The van der Waals surface area contributed by atoms with Gasteiger partial charge in [-0.1, -0.05) is 6.42 Å². The number of rotatable bonds is 6. The number of nitrogens with two attached hydrogens (primary N) is 1. The quantitative estimate of drug-likeness (QED) is 0.767. The molecule has 2 aromatic rings. The zero-order chi connectivity index (χ0) is 20.8. The Morgan fingerprint density at radius 1 is 1.24 bits per heavy atom. The maximum Gasteiger partial charge on any atom is 0.420 e. The first kappa shape index (κ1) is 19.4. The normalized spacial score (nSPS) is 17.1. The first-order valence-electron chi connectivity index (χ1n) is 9.49. The molecule has 0 atom stereocenters. The Kier molecular flexibility index (Phi) is 4.79. The Balaban J connectivity index is 1.72. The summed E-state index contributed by atoms with van der Waals surface area (Å²) in [7, 11) is 0. The molecule has 0 aliphatic heterocycles. The van der Waals surface area contributed by atoms with E-state index in [1.54, 1.807) is 0 Å². The second kappa shape index (κ2) is 7.16. The second-order valence-electron chi connectivity index (χ2n) is 7.61. The number of amides is 2. The third-order valence-electron chi connectivity index (χ3n) is 5.37. The molecule has 154 valence electrons. The summed E-state index contributed by atoms with van der Waals surface area (Å²) in [6.45, 7) is 0.279. The van der Waals surface area contributed by atoms with Crippen molar-refractivity contribution in [2.24, 2.45) is 11.7 Å². The van der Waals surface area contributed by atoms with Gasteiger partial charge in [-0.2, -0.15) is 18.3 Å². The summed E-state index contributed by atoms with van der Waals surface area (Å²) in [4.78, 5) is 28.0. The highest BCUT2D eigenvalue weighted by molar-refractivity contribution is 6.05. The van der Waals surface area contributed by atoms with Crippen LogP contribution in [0.25, 0.3) is 0 Å². The summed E-state index contributed by atoms with van der Waals surface area (Å²) in [5.74, 6) is -1.76. The van der Waals surface area contributed by atoms with Crippen molar-refractivity contribution in [2.75, 3.05) is 5.32 Å². The Morgan fingerprint density at radius 3 is 2.52 bits per heavy atom. The van der Waals surface area contributed by atoms with Crippen molar-refractivity contribution in [3.05, 3.63) is 41.0 Å². The Bertz CT molecular complexity index is 961. The number of primary amides is 1. The fraction of sp³-hybridized carbons (Fsp3) is 0.474. The maximum atomic E-state index is 13.9. The van der Waals surface area contributed by atoms with Gasteiger partial charge in [0.25, 0.3) is 11.8 Å². The second-order valence-corrected chi connectivity index (χ2v) is 7.61. The van der Waals surface area contributed by atoms with Gasteiger partial charge in [0.05, 0.1) is 5.69 Å². The van der Waals surface area contributed by atoms with E-state index in [4.69, 9.17) is 5.73 Å². The molecule has 2 fully saturated rings. The standard InChI is InChI=1S/C19H20F3N5O2/c20-19(21,22)14-15(11-4-5-11)26-27(9-10-2-1-3-10)16(14)18(29)25-12-6-7-24-13(8-12)17(23)28/h6-8,10-11H,1-5,9H2,(H2,23,28)(H,24,25,29). The minimum absolute atomic E-state index is 0.0467. The summed E-state index contributed by atoms with van der Waals surface area (Å²) in [6, 6.07) is 2.61. The molecule has 10 heteroatoms.